The van der Waals surface area contributed by atoms with Crippen LogP contribution < -0.4 is 0 Å². The molecule has 1 saturated carbocycles. The van der Waals surface area contributed by atoms with Gasteiger partial charge >= 0.3 is 0 Å². The molecule has 1 aliphatic rings. The molecule has 0 amide bonds. The highest BCUT2D eigenvalue weighted by molar-refractivity contribution is 7.81. The van der Waals surface area contributed by atoms with E-state index in [2.05, 4.69) is 12.6 Å². The SMILES string of the molecule is CC(=O)O.SC1CCCCC1Cl. The van der Waals surface area contributed by atoms with Crippen LogP contribution in [0.5, 0.6) is 0 Å². The summed E-state index contributed by atoms with van der Waals surface area (Å²) >= 11 is 10.2. The summed E-state index contributed by atoms with van der Waals surface area (Å²) in [6, 6.07) is 0. The lowest BCUT2D eigenvalue weighted by atomic mass is 10.00. The number of thiol groups is 1. The molecule has 0 heterocycles. The summed E-state index contributed by atoms with van der Waals surface area (Å²) in [6.45, 7) is 1.08. The summed E-state index contributed by atoms with van der Waals surface area (Å²) in [5, 5.41) is 8.22. The third-order valence-electron chi connectivity index (χ3n) is 1.65. The third-order valence-corrected chi connectivity index (χ3v) is 2.96. The maximum absolute atomic E-state index is 9.00. The molecule has 2 nitrogen and oxygen atoms in total. The van der Waals surface area contributed by atoms with Crippen LogP contribution in [0.4, 0.5) is 0 Å². The zero-order valence-corrected chi connectivity index (χ0v) is 8.81. The maximum Gasteiger partial charge on any atom is 0.300 e. The molecular weight excluding hydrogens is 196 g/mol. The van der Waals surface area contributed by atoms with Gasteiger partial charge in [0, 0.05) is 17.6 Å². The fourth-order valence-corrected chi connectivity index (χ4v) is 1.68. The van der Waals surface area contributed by atoms with Crippen LogP contribution in [0.2, 0.25) is 0 Å². The number of halogens is 1. The van der Waals surface area contributed by atoms with Crippen LogP contribution in [0.3, 0.4) is 0 Å². The average Bonchev–Trinajstić information content (AvgIpc) is 1.94. The number of aliphatic carboxylic acids is 1. The van der Waals surface area contributed by atoms with E-state index in [0.717, 1.165) is 13.3 Å². The minimum absolute atomic E-state index is 0.340. The second-order valence-electron chi connectivity index (χ2n) is 2.89. The number of alkyl halides is 1. The fourth-order valence-electron chi connectivity index (χ4n) is 1.07. The van der Waals surface area contributed by atoms with Crippen LogP contribution in [0.15, 0.2) is 0 Å². The summed E-state index contributed by atoms with van der Waals surface area (Å²) in [5.74, 6) is -0.833. The van der Waals surface area contributed by atoms with Crippen LogP contribution in [0.25, 0.3) is 0 Å². The van der Waals surface area contributed by atoms with E-state index >= 15 is 0 Å². The number of carbonyl (C=O) groups is 1. The molecule has 0 bridgehead atoms. The van der Waals surface area contributed by atoms with Gasteiger partial charge in [0.15, 0.2) is 0 Å². The highest BCUT2D eigenvalue weighted by Gasteiger charge is 2.18. The van der Waals surface area contributed by atoms with Gasteiger partial charge in [-0.25, -0.2) is 0 Å². The first kappa shape index (κ1) is 12.1. The molecule has 12 heavy (non-hydrogen) atoms. The van der Waals surface area contributed by atoms with Crippen molar-refractivity contribution in [2.45, 2.75) is 43.2 Å². The monoisotopic (exact) mass is 210 g/mol. The minimum Gasteiger partial charge on any atom is -0.481 e. The van der Waals surface area contributed by atoms with E-state index in [0.29, 0.717) is 10.6 Å². The molecular formula is C8H15ClO2S. The number of hydrogen-bond donors (Lipinski definition) is 2. The summed E-state index contributed by atoms with van der Waals surface area (Å²) in [4.78, 5) is 9.00. The Morgan fingerprint density at radius 2 is 1.92 bits per heavy atom. The Kier molecular flexibility index (Phi) is 6.67. The number of hydrogen-bond acceptors (Lipinski definition) is 2. The van der Waals surface area contributed by atoms with E-state index < -0.39 is 5.97 Å². The second kappa shape index (κ2) is 6.61. The van der Waals surface area contributed by atoms with Crippen molar-refractivity contribution in [2.75, 3.05) is 0 Å². The summed E-state index contributed by atoms with van der Waals surface area (Å²) in [5.41, 5.74) is 0. The molecule has 72 valence electrons. The average molecular weight is 211 g/mol. The molecule has 0 aromatic rings. The summed E-state index contributed by atoms with van der Waals surface area (Å²) in [7, 11) is 0. The molecule has 0 aromatic carbocycles. The van der Waals surface area contributed by atoms with Crippen LogP contribution in [-0.2, 0) is 4.79 Å². The molecule has 1 N–H and O–H groups in total. The number of rotatable bonds is 0. The smallest absolute Gasteiger partial charge is 0.300 e. The Morgan fingerprint density at radius 3 is 2.17 bits per heavy atom. The topological polar surface area (TPSA) is 37.3 Å². The first-order valence-electron chi connectivity index (χ1n) is 4.05. The van der Waals surface area contributed by atoms with Crippen molar-refractivity contribution in [3.8, 4) is 0 Å². The molecule has 0 aliphatic heterocycles. The van der Waals surface area contributed by atoms with E-state index in [4.69, 9.17) is 21.5 Å². The van der Waals surface area contributed by atoms with Gasteiger partial charge < -0.3 is 5.11 Å². The van der Waals surface area contributed by atoms with Crippen molar-refractivity contribution < 1.29 is 9.90 Å². The van der Waals surface area contributed by atoms with E-state index in [9.17, 15) is 0 Å². The fraction of sp³-hybridized carbons (Fsp3) is 0.875. The van der Waals surface area contributed by atoms with Crippen LogP contribution >= 0.6 is 24.2 Å². The molecule has 0 radical (unpaired) electrons. The maximum atomic E-state index is 9.00. The number of carboxylic acid groups (broad SMARTS) is 1. The van der Waals surface area contributed by atoms with Crippen molar-refractivity contribution in [3.05, 3.63) is 0 Å². The van der Waals surface area contributed by atoms with Crippen molar-refractivity contribution >= 4 is 30.2 Å². The predicted octanol–water partition coefficient (Wildman–Crippen LogP) is 2.56. The van der Waals surface area contributed by atoms with E-state index in [-0.39, 0.29) is 0 Å². The first-order valence-corrected chi connectivity index (χ1v) is 5.01. The predicted molar refractivity (Wildman–Crippen MR) is 54.2 cm³/mol. The molecule has 1 fully saturated rings. The quantitative estimate of drug-likeness (QED) is 0.476. The lowest BCUT2D eigenvalue weighted by Gasteiger charge is -2.21. The molecule has 0 saturated heterocycles. The molecule has 1 aliphatic carbocycles. The Bertz CT molecular complexity index is 127. The summed E-state index contributed by atoms with van der Waals surface area (Å²) in [6.07, 6.45) is 4.98. The zero-order valence-electron chi connectivity index (χ0n) is 7.16. The van der Waals surface area contributed by atoms with Gasteiger partial charge in [-0.15, -0.1) is 11.6 Å². The first-order chi connectivity index (χ1) is 5.54. The molecule has 2 atom stereocenters. The van der Waals surface area contributed by atoms with Gasteiger partial charge in [-0.05, 0) is 12.8 Å². The second-order valence-corrected chi connectivity index (χ2v) is 4.11. The Hall–Kier alpha value is 0.110. The Labute approximate surface area is 83.7 Å². The van der Waals surface area contributed by atoms with Crippen molar-refractivity contribution in [3.63, 3.8) is 0 Å². The molecule has 0 aromatic heterocycles. The minimum atomic E-state index is -0.833. The summed E-state index contributed by atoms with van der Waals surface area (Å²) < 4.78 is 0. The lowest BCUT2D eigenvalue weighted by Crippen LogP contribution is -2.19. The van der Waals surface area contributed by atoms with Gasteiger partial charge in [0.05, 0.1) is 0 Å². The van der Waals surface area contributed by atoms with Crippen LogP contribution in [-0.4, -0.2) is 21.7 Å². The largest absolute Gasteiger partial charge is 0.481 e. The van der Waals surface area contributed by atoms with Gasteiger partial charge in [-0.1, -0.05) is 12.8 Å². The Morgan fingerprint density at radius 1 is 1.50 bits per heavy atom. The van der Waals surface area contributed by atoms with Crippen LogP contribution in [0, 0.1) is 0 Å². The molecule has 4 heteroatoms. The molecule has 0 spiro atoms. The van der Waals surface area contributed by atoms with Crippen molar-refractivity contribution in [1.29, 1.82) is 0 Å². The zero-order chi connectivity index (χ0) is 9.56. The van der Waals surface area contributed by atoms with E-state index in [1.165, 1.54) is 19.3 Å². The molecule has 2 unspecified atom stereocenters. The number of carboxylic acids is 1. The van der Waals surface area contributed by atoms with Gasteiger partial charge in [0.25, 0.3) is 5.97 Å². The normalized spacial score (nSPS) is 28.6. The lowest BCUT2D eigenvalue weighted by molar-refractivity contribution is -0.134. The van der Waals surface area contributed by atoms with Crippen LogP contribution in [0.1, 0.15) is 32.6 Å². The van der Waals surface area contributed by atoms with Gasteiger partial charge in [-0.2, -0.15) is 12.6 Å². The standard InChI is InChI=1S/C6H11ClS.C2H4O2/c7-5-3-1-2-4-6(5)8;1-2(3)4/h5-6,8H,1-4H2;1H3,(H,3,4). The third kappa shape index (κ3) is 6.80. The van der Waals surface area contributed by atoms with Crippen molar-refractivity contribution in [2.24, 2.45) is 0 Å². The van der Waals surface area contributed by atoms with Crippen molar-refractivity contribution in [1.82, 2.24) is 0 Å². The van der Waals surface area contributed by atoms with Gasteiger partial charge in [0.2, 0.25) is 0 Å². The highest BCUT2D eigenvalue weighted by Crippen LogP contribution is 2.26. The van der Waals surface area contributed by atoms with Gasteiger partial charge in [0.1, 0.15) is 0 Å². The van der Waals surface area contributed by atoms with E-state index in [1.54, 1.807) is 0 Å². The Balaban J connectivity index is 0.000000261. The van der Waals surface area contributed by atoms with E-state index in [1.807, 2.05) is 0 Å². The molecule has 1 rings (SSSR count). The van der Waals surface area contributed by atoms with Gasteiger partial charge in [-0.3, -0.25) is 4.79 Å². The highest BCUT2D eigenvalue weighted by atomic mass is 35.5.